The van der Waals surface area contributed by atoms with Crippen LogP contribution in [0.4, 0.5) is 0 Å². The number of carbonyl (C=O) groups excluding carboxylic acids is 1. The molecule has 4 nitrogen and oxygen atoms in total. The van der Waals surface area contributed by atoms with Gasteiger partial charge in [0.05, 0.1) is 22.8 Å². The van der Waals surface area contributed by atoms with Crippen molar-refractivity contribution in [3.8, 4) is 17.0 Å². The van der Waals surface area contributed by atoms with Crippen molar-refractivity contribution in [2.45, 2.75) is 26.8 Å². The summed E-state index contributed by atoms with van der Waals surface area (Å²) in [6.07, 6.45) is 0.826. The standard InChI is InChI=1S/C21H20Cl2N2O2S/c1-4-18-19(14-8-11-16(22)17(23)12-14)25(5-2)21(28-18)24-20(26)13-6-9-15(27-3)10-7-13/h6-12H,4-5H2,1-3H3. The Morgan fingerprint density at radius 2 is 1.82 bits per heavy atom. The van der Waals surface area contributed by atoms with Crippen LogP contribution in [0.5, 0.6) is 5.75 Å². The van der Waals surface area contributed by atoms with Crippen molar-refractivity contribution in [2.24, 2.45) is 4.99 Å². The highest BCUT2D eigenvalue weighted by atomic mass is 35.5. The second kappa shape index (κ2) is 8.95. The van der Waals surface area contributed by atoms with Gasteiger partial charge in [-0.3, -0.25) is 4.79 Å². The summed E-state index contributed by atoms with van der Waals surface area (Å²) in [5.74, 6) is 0.418. The topological polar surface area (TPSA) is 43.6 Å². The molecule has 3 rings (SSSR count). The van der Waals surface area contributed by atoms with Crippen molar-refractivity contribution in [1.29, 1.82) is 0 Å². The first kappa shape index (κ1) is 20.6. The van der Waals surface area contributed by atoms with Crippen molar-refractivity contribution < 1.29 is 9.53 Å². The van der Waals surface area contributed by atoms with Gasteiger partial charge in [-0.1, -0.05) is 36.2 Å². The summed E-state index contributed by atoms with van der Waals surface area (Å²) in [6, 6.07) is 12.5. The number of rotatable bonds is 5. The van der Waals surface area contributed by atoms with E-state index in [-0.39, 0.29) is 5.91 Å². The molecule has 3 aromatic rings. The van der Waals surface area contributed by atoms with Crippen LogP contribution in [-0.4, -0.2) is 17.6 Å². The van der Waals surface area contributed by atoms with Gasteiger partial charge in [0.1, 0.15) is 5.75 Å². The van der Waals surface area contributed by atoms with Gasteiger partial charge in [-0.25, -0.2) is 0 Å². The van der Waals surface area contributed by atoms with Crippen LogP contribution in [0, 0.1) is 0 Å². The van der Waals surface area contributed by atoms with E-state index < -0.39 is 0 Å². The molecule has 0 aliphatic rings. The minimum absolute atomic E-state index is 0.283. The van der Waals surface area contributed by atoms with Crippen LogP contribution in [0.25, 0.3) is 11.3 Å². The lowest BCUT2D eigenvalue weighted by atomic mass is 10.1. The summed E-state index contributed by atoms with van der Waals surface area (Å²) in [5, 5.41) is 1.02. The number of aromatic nitrogens is 1. The van der Waals surface area contributed by atoms with E-state index in [4.69, 9.17) is 27.9 Å². The second-order valence-electron chi connectivity index (χ2n) is 6.03. The van der Waals surface area contributed by atoms with E-state index >= 15 is 0 Å². The average Bonchev–Trinajstić information content (AvgIpc) is 3.07. The molecule has 0 aliphatic heterocycles. The smallest absolute Gasteiger partial charge is 0.279 e. The van der Waals surface area contributed by atoms with Gasteiger partial charge in [0.25, 0.3) is 5.91 Å². The van der Waals surface area contributed by atoms with E-state index in [1.54, 1.807) is 37.4 Å². The second-order valence-corrected chi connectivity index (χ2v) is 7.91. The van der Waals surface area contributed by atoms with E-state index in [9.17, 15) is 4.79 Å². The van der Waals surface area contributed by atoms with Crippen LogP contribution in [0.2, 0.25) is 10.0 Å². The minimum atomic E-state index is -0.283. The molecule has 0 aliphatic carbocycles. The molecular weight excluding hydrogens is 415 g/mol. The van der Waals surface area contributed by atoms with E-state index in [1.807, 2.05) is 23.6 Å². The van der Waals surface area contributed by atoms with Crippen LogP contribution in [-0.2, 0) is 13.0 Å². The number of hydrogen-bond acceptors (Lipinski definition) is 3. The number of ether oxygens (including phenoxy) is 1. The number of benzene rings is 2. The molecule has 0 N–H and O–H groups in total. The predicted octanol–water partition coefficient (Wildman–Crippen LogP) is 5.86. The van der Waals surface area contributed by atoms with Crippen LogP contribution in [0.3, 0.4) is 0 Å². The Labute approximate surface area is 178 Å². The zero-order valence-corrected chi connectivity index (χ0v) is 18.2. The van der Waals surface area contributed by atoms with Crippen LogP contribution in [0.15, 0.2) is 47.5 Å². The number of nitrogens with zero attached hydrogens (tertiary/aromatic N) is 2. The molecule has 0 radical (unpaired) electrons. The highest BCUT2D eigenvalue weighted by Crippen LogP contribution is 2.32. The minimum Gasteiger partial charge on any atom is -0.497 e. The first-order valence-corrected chi connectivity index (χ1v) is 10.5. The maximum atomic E-state index is 12.7. The van der Waals surface area contributed by atoms with Crippen LogP contribution in [0.1, 0.15) is 29.1 Å². The third kappa shape index (κ3) is 4.17. The van der Waals surface area contributed by atoms with Crippen molar-refractivity contribution in [3.05, 3.63) is 67.8 Å². The van der Waals surface area contributed by atoms with E-state index in [0.29, 0.717) is 32.7 Å². The van der Waals surface area contributed by atoms with Gasteiger partial charge in [-0.05, 0) is 49.7 Å². The molecule has 1 amide bonds. The molecule has 0 unspecified atom stereocenters. The Balaban J connectivity index is 2.10. The summed E-state index contributed by atoms with van der Waals surface area (Å²) in [6.45, 7) is 4.80. The number of aryl methyl sites for hydroxylation is 1. The molecule has 1 aromatic heterocycles. The predicted molar refractivity (Wildman–Crippen MR) is 116 cm³/mol. The van der Waals surface area contributed by atoms with Gasteiger partial charge in [0, 0.05) is 22.5 Å². The lowest BCUT2D eigenvalue weighted by molar-refractivity contribution is 0.0998. The maximum absolute atomic E-state index is 12.7. The fourth-order valence-corrected chi connectivity index (χ4v) is 4.37. The number of hydrogen-bond donors (Lipinski definition) is 0. The van der Waals surface area contributed by atoms with E-state index in [1.165, 1.54) is 11.3 Å². The molecule has 28 heavy (non-hydrogen) atoms. The summed E-state index contributed by atoms with van der Waals surface area (Å²) >= 11 is 13.8. The molecule has 0 saturated heterocycles. The zero-order valence-electron chi connectivity index (χ0n) is 15.8. The van der Waals surface area contributed by atoms with Crippen molar-refractivity contribution in [1.82, 2.24) is 4.57 Å². The largest absolute Gasteiger partial charge is 0.497 e. The fraction of sp³-hybridized carbons (Fsp3) is 0.238. The van der Waals surface area contributed by atoms with Gasteiger partial charge < -0.3 is 9.30 Å². The Hall–Kier alpha value is -2.08. The number of thiazole rings is 1. The lowest BCUT2D eigenvalue weighted by Gasteiger charge is -2.09. The SMILES string of the molecule is CCc1sc(=NC(=O)c2ccc(OC)cc2)n(CC)c1-c1ccc(Cl)c(Cl)c1. The molecule has 146 valence electrons. The van der Waals surface area contributed by atoms with E-state index in [2.05, 4.69) is 11.9 Å². The Morgan fingerprint density at radius 3 is 2.39 bits per heavy atom. The number of amides is 1. The van der Waals surface area contributed by atoms with Gasteiger partial charge in [-0.2, -0.15) is 4.99 Å². The molecule has 1 heterocycles. The Kier molecular flexibility index (Phi) is 6.60. The summed E-state index contributed by atoms with van der Waals surface area (Å²) in [4.78, 5) is 18.9. The third-order valence-electron chi connectivity index (χ3n) is 4.34. The molecular formula is C21H20Cl2N2O2S. The average molecular weight is 435 g/mol. The quantitative estimate of drug-likeness (QED) is 0.504. The lowest BCUT2D eigenvalue weighted by Crippen LogP contribution is -2.17. The normalized spacial score (nSPS) is 11.7. The number of methoxy groups -OCH3 is 1. The van der Waals surface area contributed by atoms with Gasteiger partial charge in [-0.15, -0.1) is 11.3 Å². The Morgan fingerprint density at radius 1 is 1.11 bits per heavy atom. The number of halogens is 2. The fourth-order valence-electron chi connectivity index (χ4n) is 2.92. The van der Waals surface area contributed by atoms with Crippen molar-refractivity contribution in [3.63, 3.8) is 0 Å². The van der Waals surface area contributed by atoms with Gasteiger partial charge in [0.2, 0.25) is 0 Å². The molecule has 2 aromatic carbocycles. The van der Waals surface area contributed by atoms with E-state index in [0.717, 1.165) is 22.6 Å². The third-order valence-corrected chi connectivity index (χ3v) is 6.31. The molecule has 7 heteroatoms. The Bertz CT molecular complexity index is 1070. The molecule has 0 atom stereocenters. The highest BCUT2D eigenvalue weighted by molar-refractivity contribution is 7.09. The number of carbonyl (C=O) groups is 1. The summed E-state index contributed by atoms with van der Waals surface area (Å²) in [5.41, 5.74) is 2.50. The van der Waals surface area contributed by atoms with Gasteiger partial charge >= 0.3 is 0 Å². The van der Waals surface area contributed by atoms with Gasteiger partial charge in [0.15, 0.2) is 4.80 Å². The van der Waals surface area contributed by atoms with Crippen LogP contribution < -0.4 is 9.54 Å². The molecule has 0 bridgehead atoms. The highest BCUT2D eigenvalue weighted by Gasteiger charge is 2.16. The first-order chi connectivity index (χ1) is 13.5. The zero-order chi connectivity index (χ0) is 20.3. The molecule has 0 spiro atoms. The van der Waals surface area contributed by atoms with Crippen molar-refractivity contribution in [2.75, 3.05) is 7.11 Å². The monoisotopic (exact) mass is 434 g/mol. The summed E-state index contributed by atoms with van der Waals surface area (Å²) in [7, 11) is 1.59. The first-order valence-electron chi connectivity index (χ1n) is 8.89. The maximum Gasteiger partial charge on any atom is 0.279 e. The summed E-state index contributed by atoms with van der Waals surface area (Å²) < 4.78 is 7.19. The molecule has 0 fully saturated rings. The van der Waals surface area contributed by atoms with Crippen LogP contribution >= 0.6 is 34.5 Å². The van der Waals surface area contributed by atoms with Crippen molar-refractivity contribution >= 4 is 40.4 Å². The molecule has 0 saturated carbocycles.